The normalized spacial score (nSPS) is 16.8. The molecule has 0 aliphatic carbocycles. The van der Waals surface area contributed by atoms with Gasteiger partial charge in [-0.25, -0.2) is 14.3 Å². The number of rotatable bonds is 4. The molecule has 0 spiro atoms. The molecule has 2 aliphatic rings. The summed E-state index contributed by atoms with van der Waals surface area (Å²) in [6, 6.07) is 9.97. The van der Waals surface area contributed by atoms with E-state index in [1.807, 2.05) is 37.3 Å². The second-order valence-corrected chi connectivity index (χ2v) is 10.3. The molecule has 2 aliphatic heterocycles. The Kier molecular flexibility index (Phi) is 6.03. The second-order valence-electron chi connectivity index (χ2n) is 10.3. The molecule has 0 saturated carbocycles. The fourth-order valence-electron chi connectivity index (χ4n) is 5.55. The van der Waals surface area contributed by atoms with E-state index in [1.54, 1.807) is 17.9 Å². The summed E-state index contributed by atoms with van der Waals surface area (Å²) in [4.78, 5) is 30.7. The predicted molar refractivity (Wildman–Crippen MR) is 148 cm³/mol. The van der Waals surface area contributed by atoms with Crippen molar-refractivity contribution >= 4 is 16.9 Å². The van der Waals surface area contributed by atoms with E-state index in [0.29, 0.717) is 29.5 Å². The van der Waals surface area contributed by atoms with Crippen molar-refractivity contribution in [2.75, 3.05) is 31.6 Å². The van der Waals surface area contributed by atoms with Crippen molar-refractivity contribution in [2.24, 2.45) is 0 Å². The Morgan fingerprint density at radius 1 is 1.21 bits per heavy atom. The molecule has 9 nitrogen and oxygen atoms in total. The topological polar surface area (TPSA) is 94.4 Å². The van der Waals surface area contributed by atoms with Gasteiger partial charge >= 0.3 is 5.69 Å². The smallest absolute Gasteiger partial charge is 0.355 e. The largest absolute Gasteiger partial charge is 0.496 e. The van der Waals surface area contributed by atoms with E-state index in [4.69, 9.17) is 14.5 Å². The zero-order chi connectivity index (χ0) is 26.6. The number of nitrogens with zero attached hydrogens (tertiary/aromatic N) is 5. The number of aryl methyl sites for hydroxylation is 1. The molecule has 196 valence electrons. The van der Waals surface area contributed by atoms with Crippen LogP contribution in [0.15, 0.2) is 41.3 Å². The highest BCUT2D eigenvalue weighted by atomic mass is 16.5. The Hall–Kier alpha value is -3.98. The number of methoxy groups -OCH3 is 1. The summed E-state index contributed by atoms with van der Waals surface area (Å²) in [6.07, 6.45) is 1.79. The lowest BCUT2D eigenvalue weighted by molar-refractivity contribution is 0.299. The molecular weight excluding hydrogens is 480 g/mol. The van der Waals surface area contributed by atoms with Crippen molar-refractivity contribution in [1.29, 1.82) is 0 Å². The molecule has 1 saturated heterocycles. The molecule has 0 bridgehead atoms. The van der Waals surface area contributed by atoms with Gasteiger partial charge in [-0.3, -0.25) is 4.98 Å². The number of pyridine rings is 2. The molecule has 9 heteroatoms. The lowest BCUT2D eigenvalue weighted by atomic mass is 9.99. The Labute approximate surface area is 221 Å². The number of hydrogen-bond donors (Lipinski definition) is 1. The van der Waals surface area contributed by atoms with Crippen LogP contribution in [0.4, 0.5) is 5.82 Å². The quantitative estimate of drug-likeness (QED) is 0.439. The van der Waals surface area contributed by atoms with Gasteiger partial charge in [0.15, 0.2) is 5.65 Å². The fraction of sp³-hybridized carbons (Fsp3) is 0.379. The highest BCUT2D eigenvalue weighted by Crippen LogP contribution is 2.44. The minimum Gasteiger partial charge on any atom is -0.496 e. The summed E-state index contributed by atoms with van der Waals surface area (Å²) in [7, 11) is 1.66. The van der Waals surface area contributed by atoms with Crippen LogP contribution >= 0.6 is 0 Å². The zero-order valence-electron chi connectivity index (χ0n) is 22.4. The molecule has 1 atom stereocenters. The maximum atomic E-state index is 14.0. The van der Waals surface area contributed by atoms with Gasteiger partial charge in [-0.05, 0) is 43.5 Å². The van der Waals surface area contributed by atoms with Crippen molar-refractivity contribution in [2.45, 2.75) is 46.3 Å². The first kappa shape index (κ1) is 24.4. The molecule has 1 N–H and O–H groups in total. The zero-order valence-corrected chi connectivity index (χ0v) is 22.4. The first-order valence-corrected chi connectivity index (χ1v) is 13.1. The van der Waals surface area contributed by atoms with Crippen molar-refractivity contribution < 1.29 is 9.47 Å². The van der Waals surface area contributed by atoms with E-state index in [-0.39, 0.29) is 17.6 Å². The van der Waals surface area contributed by atoms with Crippen LogP contribution in [0.3, 0.4) is 0 Å². The molecule has 0 radical (unpaired) electrons. The summed E-state index contributed by atoms with van der Waals surface area (Å²) in [5.74, 6) is 2.10. The number of benzene rings is 1. The summed E-state index contributed by atoms with van der Waals surface area (Å²) in [6.45, 7) is 11.1. The maximum absolute atomic E-state index is 14.0. The van der Waals surface area contributed by atoms with Crippen LogP contribution in [-0.2, 0) is 6.61 Å². The van der Waals surface area contributed by atoms with Gasteiger partial charge in [0.05, 0.1) is 29.4 Å². The molecule has 4 aromatic rings. The predicted octanol–water partition coefficient (Wildman–Crippen LogP) is 3.97. The van der Waals surface area contributed by atoms with Gasteiger partial charge in [-0.1, -0.05) is 26.0 Å². The fourth-order valence-corrected chi connectivity index (χ4v) is 5.55. The number of piperazine rings is 1. The minimum atomic E-state index is -0.374. The van der Waals surface area contributed by atoms with Gasteiger partial charge < -0.3 is 19.7 Å². The van der Waals surface area contributed by atoms with Crippen LogP contribution < -0.4 is 25.4 Å². The maximum Gasteiger partial charge on any atom is 0.355 e. The van der Waals surface area contributed by atoms with E-state index < -0.39 is 0 Å². The Morgan fingerprint density at radius 3 is 2.82 bits per heavy atom. The van der Waals surface area contributed by atoms with E-state index in [0.717, 1.165) is 58.8 Å². The minimum absolute atomic E-state index is 0.0986. The first-order valence-electron chi connectivity index (χ1n) is 13.1. The lowest BCUT2D eigenvalue weighted by Crippen LogP contribution is -2.50. The number of anilines is 1. The van der Waals surface area contributed by atoms with E-state index in [9.17, 15) is 4.79 Å². The summed E-state index contributed by atoms with van der Waals surface area (Å²) < 4.78 is 13.6. The molecule has 0 unspecified atom stereocenters. The molecule has 6 rings (SSSR count). The number of hydrogen-bond acceptors (Lipinski definition) is 8. The van der Waals surface area contributed by atoms with E-state index >= 15 is 0 Å². The third-order valence-corrected chi connectivity index (χ3v) is 7.46. The van der Waals surface area contributed by atoms with Crippen molar-refractivity contribution in [3.8, 4) is 28.4 Å². The highest BCUT2D eigenvalue weighted by molar-refractivity contribution is 5.93. The standard InChI is InChI=1S/C29H32N6O3/c1-16(2)24-26(17(3)9-10-31-24)35-28-20(27(33-29(35)36)34-12-11-30-14-18(34)4)13-22-25(32-28)23-19(15-38-22)7-6-8-21(23)37-5/h6-10,13,16,18,30H,11-12,14-15H2,1-5H3/t18-/m0/s1. The number of nitrogens with one attached hydrogen (secondary N) is 1. The van der Waals surface area contributed by atoms with Gasteiger partial charge in [0, 0.05) is 37.4 Å². The Bertz CT molecular complexity index is 1600. The average Bonchev–Trinajstić information content (AvgIpc) is 2.92. The Morgan fingerprint density at radius 2 is 2.05 bits per heavy atom. The molecule has 1 aromatic carbocycles. The van der Waals surface area contributed by atoms with Crippen LogP contribution in [-0.4, -0.2) is 52.3 Å². The number of aromatic nitrogens is 4. The van der Waals surface area contributed by atoms with Gasteiger partial charge in [0.1, 0.15) is 29.6 Å². The highest BCUT2D eigenvalue weighted by Gasteiger charge is 2.29. The van der Waals surface area contributed by atoms with Crippen LogP contribution in [0, 0.1) is 6.92 Å². The average molecular weight is 513 g/mol. The Balaban J connectivity index is 1.73. The molecule has 0 amide bonds. The third-order valence-electron chi connectivity index (χ3n) is 7.46. The third kappa shape index (κ3) is 3.80. The molecular formula is C29H32N6O3. The van der Waals surface area contributed by atoms with Gasteiger partial charge in [0.2, 0.25) is 0 Å². The lowest BCUT2D eigenvalue weighted by Gasteiger charge is -2.35. The van der Waals surface area contributed by atoms with Crippen molar-refractivity contribution in [3.63, 3.8) is 0 Å². The second kappa shape index (κ2) is 9.40. The SMILES string of the molecule is COc1cccc2c1-c1nc3c(cc1OC2)c(N1CCNC[C@@H]1C)nc(=O)n3-c1c(C)ccnc1C(C)C. The summed E-state index contributed by atoms with van der Waals surface area (Å²) in [5, 5.41) is 4.19. The molecule has 38 heavy (non-hydrogen) atoms. The van der Waals surface area contributed by atoms with Gasteiger partial charge in [-0.2, -0.15) is 4.98 Å². The van der Waals surface area contributed by atoms with Crippen LogP contribution in [0.5, 0.6) is 11.5 Å². The van der Waals surface area contributed by atoms with Crippen LogP contribution in [0.2, 0.25) is 0 Å². The van der Waals surface area contributed by atoms with E-state index in [1.165, 1.54) is 0 Å². The van der Waals surface area contributed by atoms with E-state index in [2.05, 4.69) is 41.0 Å². The monoisotopic (exact) mass is 512 g/mol. The first-order chi connectivity index (χ1) is 18.4. The summed E-state index contributed by atoms with van der Waals surface area (Å²) in [5.41, 5.74) is 5.18. The van der Waals surface area contributed by atoms with Gasteiger partial charge in [-0.15, -0.1) is 0 Å². The van der Waals surface area contributed by atoms with Crippen molar-refractivity contribution in [3.05, 3.63) is 63.8 Å². The van der Waals surface area contributed by atoms with Crippen molar-refractivity contribution in [1.82, 2.24) is 24.8 Å². The summed E-state index contributed by atoms with van der Waals surface area (Å²) >= 11 is 0. The number of fused-ring (bicyclic) bond motifs is 4. The molecule has 5 heterocycles. The molecule has 1 fully saturated rings. The molecule has 3 aromatic heterocycles. The van der Waals surface area contributed by atoms with Crippen LogP contribution in [0.1, 0.15) is 43.5 Å². The number of ether oxygens (including phenoxy) is 2. The van der Waals surface area contributed by atoms with Crippen LogP contribution in [0.25, 0.3) is 28.0 Å². The van der Waals surface area contributed by atoms with Gasteiger partial charge in [0.25, 0.3) is 0 Å².